The Morgan fingerprint density at radius 2 is 1.93 bits per heavy atom. The van der Waals surface area contributed by atoms with E-state index in [0.29, 0.717) is 18.7 Å². The second kappa shape index (κ2) is 9.10. The second-order valence-electron chi connectivity index (χ2n) is 7.28. The van der Waals surface area contributed by atoms with Gasteiger partial charge in [-0.3, -0.25) is 14.3 Å². The summed E-state index contributed by atoms with van der Waals surface area (Å²) in [7, 11) is 2.05. The number of aryl methyl sites for hydroxylation is 1. The summed E-state index contributed by atoms with van der Waals surface area (Å²) < 4.78 is 15.0. The van der Waals surface area contributed by atoms with Gasteiger partial charge in [0.1, 0.15) is 5.82 Å². The van der Waals surface area contributed by atoms with Crippen LogP contribution in [0, 0.1) is 5.82 Å². The molecule has 0 radical (unpaired) electrons. The number of nitrogens with zero attached hydrogens (tertiary/aromatic N) is 4. The molecule has 150 valence electrons. The normalized spacial score (nSPS) is 14.1. The number of amides is 1. The Kier molecular flexibility index (Phi) is 6.57. The molecule has 7 heteroatoms. The summed E-state index contributed by atoms with van der Waals surface area (Å²) >= 11 is 0. The quantitative estimate of drug-likeness (QED) is 0.687. The number of benzene rings is 1. The van der Waals surface area contributed by atoms with E-state index in [1.807, 2.05) is 9.58 Å². The molecule has 2 heterocycles. The van der Waals surface area contributed by atoms with Crippen LogP contribution in [-0.2, 0) is 24.4 Å². The Morgan fingerprint density at radius 3 is 2.64 bits per heavy atom. The van der Waals surface area contributed by atoms with Crippen molar-refractivity contribution >= 4 is 11.7 Å². The molecule has 0 saturated carbocycles. The fourth-order valence-corrected chi connectivity index (χ4v) is 3.36. The van der Waals surface area contributed by atoms with Gasteiger partial charge < -0.3 is 9.80 Å². The highest BCUT2D eigenvalue weighted by Crippen LogP contribution is 2.17. The summed E-state index contributed by atoms with van der Waals surface area (Å²) in [5.41, 5.74) is 2.49. The molecule has 0 bridgehead atoms. The summed E-state index contributed by atoms with van der Waals surface area (Å²) in [4.78, 5) is 28.9. The van der Waals surface area contributed by atoms with Crippen LogP contribution in [0.25, 0.3) is 0 Å². The van der Waals surface area contributed by atoms with Crippen molar-refractivity contribution < 1.29 is 14.0 Å². The van der Waals surface area contributed by atoms with Gasteiger partial charge in [0, 0.05) is 38.0 Å². The van der Waals surface area contributed by atoms with Gasteiger partial charge in [-0.05, 0) is 50.3 Å². The minimum absolute atomic E-state index is 0.0302. The predicted molar refractivity (Wildman–Crippen MR) is 104 cm³/mol. The van der Waals surface area contributed by atoms with Crippen LogP contribution in [0.4, 0.5) is 4.39 Å². The number of fused-ring (bicyclic) bond motifs is 1. The van der Waals surface area contributed by atoms with Crippen LogP contribution in [0.5, 0.6) is 0 Å². The van der Waals surface area contributed by atoms with Crippen molar-refractivity contribution in [1.82, 2.24) is 19.6 Å². The maximum atomic E-state index is 13.0. The number of hydrogen-bond donors (Lipinski definition) is 0. The van der Waals surface area contributed by atoms with E-state index in [9.17, 15) is 14.0 Å². The largest absolute Gasteiger partial charge is 0.337 e. The van der Waals surface area contributed by atoms with Crippen molar-refractivity contribution in [2.75, 3.05) is 20.1 Å². The first kappa shape index (κ1) is 20.2. The van der Waals surface area contributed by atoms with Crippen LogP contribution >= 0.6 is 0 Å². The molecule has 28 heavy (non-hydrogen) atoms. The summed E-state index contributed by atoms with van der Waals surface area (Å²) in [5, 5.41) is 4.67. The second-order valence-corrected chi connectivity index (χ2v) is 7.28. The minimum atomic E-state index is -0.377. The first-order valence-corrected chi connectivity index (χ1v) is 9.77. The van der Waals surface area contributed by atoms with Gasteiger partial charge in [0.2, 0.25) is 5.91 Å². The van der Waals surface area contributed by atoms with E-state index in [1.54, 1.807) is 0 Å². The Balaban J connectivity index is 1.58. The zero-order chi connectivity index (χ0) is 20.1. The Labute approximate surface area is 164 Å². The summed E-state index contributed by atoms with van der Waals surface area (Å²) in [5.74, 6) is -0.547. The van der Waals surface area contributed by atoms with Gasteiger partial charge >= 0.3 is 0 Å². The fraction of sp³-hybridized carbons (Fsp3) is 0.476. The van der Waals surface area contributed by atoms with Crippen LogP contribution in [-0.4, -0.2) is 51.4 Å². The van der Waals surface area contributed by atoms with Gasteiger partial charge in [0.25, 0.3) is 0 Å². The molecule has 0 aliphatic carbocycles. The molecule has 0 spiro atoms. The first-order valence-electron chi connectivity index (χ1n) is 9.77. The lowest BCUT2D eigenvalue weighted by Crippen LogP contribution is -2.31. The zero-order valence-corrected chi connectivity index (χ0v) is 16.5. The lowest BCUT2D eigenvalue weighted by molar-refractivity contribution is -0.131. The van der Waals surface area contributed by atoms with Gasteiger partial charge in [-0.15, -0.1) is 0 Å². The maximum absolute atomic E-state index is 13.0. The fourth-order valence-electron chi connectivity index (χ4n) is 3.36. The Hall–Kier alpha value is -2.54. The van der Waals surface area contributed by atoms with Crippen LogP contribution in [0.3, 0.4) is 0 Å². The number of ketones is 1. The third-order valence-corrected chi connectivity index (χ3v) is 5.12. The number of hydrogen-bond acceptors (Lipinski definition) is 4. The van der Waals surface area contributed by atoms with Crippen LogP contribution in [0.2, 0.25) is 0 Å². The topological polar surface area (TPSA) is 58.4 Å². The van der Waals surface area contributed by atoms with Crippen molar-refractivity contribution in [2.45, 2.75) is 45.8 Å². The first-order chi connectivity index (χ1) is 13.5. The number of halogens is 1. The third kappa shape index (κ3) is 5.04. The standard InChI is InChI=1S/C21H27FN4O2/c1-3-24(2)14-18-13-19-15-25(11-4-12-26(19)23-18)21(28)10-9-20(27)16-5-7-17(22)8-6-16/h5-8,13H,3-4,9-12,14-15H2,1-2H3. The zero-order valence-electron chi connectivity index (χ0n) is 16.5. The smallest absolute Gasteiger partial charge is 0.223 e. The molecule has 0 saturated heterocycles. The molecule has 1 aromatic carbocycles. The molecule has 1 amide bonds. The molecule has 1 aromatic heterocycles. The summed E-state index contributed by atoms with van der Waals surface area (Å²) in [6, 6.07) is 7.52. The van der Waals surface area contributed by atoms with E-state index in [0.717, 1.165) is 37.4 Å². The molecular formula is C21H27FN4O2. The van der Waals surface area contributed by atoms with Crippen LogP contribution in [0.1, 0.15) is 47.9 Å². The van der Waals surface area contributed by atoms with Crippen molar-refractivity contribution in [3.8, 4) is 0 Å². The molecule has 1 aliphatic rings. The molecular weight excluding hydrogens is 359 g/mol. The van der Waals surface area contributed by atoms with E-state index < -0.39 is 0 Å². The molecule has 2 aromatic rings. The highest BCUT2D eigenvalue weighted by atomic mass is 19.1. The minimum Gasteiger partial charge on any atom is -0.337 e. The molecule has 1 aliphatic heterocycles. The number of rotatable bonds is 7. The Bertz CT molecular complexity index is 831. The van der Waals surface area contributed by atoms with Gasteiger partial charge in [0.05, 0.1) is 17.9 Å². The molecule has 6 nitrogen and oxygen atoms in total. The van der Waals surface area contributed by atoms with Crippen molar-refractivity contribution in [2.24, 2.45) is 0 Å². The van der Waals surface area contributed by atoms with Gasteiger partial charge in [-0.25, -0.2) is 4.39 Å². The number of carbonyl (C=O) groups is 2. The molecule has 0 unspecified atom stereocenters. The van der Waals surface area contributed by atoms with Gasteiger partial charge in [0.15, 0.2) is 5.78 Å². The van der Waals surface area contributed by atoms with Gasteiger partial charge in [-0.2, -0.15) is 5.10 Å². The van der Waals surface area contributed by atoms with Gasteiger partial charge in [-0.1, -0.05) is 6.92 Å². The highest BCUT2D eigenvalue weighted by molar-refractivity contribution is 5.97. The summed E-state index contributed by atoms with van der Waals surface area (Å²) in [6.07, 6.45) is 1.14. The lowest BCUT2D eigenvalue weighted by atomic mass is 10.1. The molecule has 0 fully saturated rings. The van der Waals surface area contributed by atoms with Crippen LogP contribution < -0.4 is 0 Å². The predicted octanol–water partition coefficient (Wildman–Crippen LogP) is 2.87. The maximum Gasteiger partial charge on any atom is 0.223 e. The average molecular weight is 386 g/mol. The van der Waals surface area contributed by atoms with E-state index >= 15 is 0 Å². The van der Waals surface area contributed by atoms with E-state index in [4.69, 9.17) is 0 Å². The third-order valence-electron chi connectivity index (χ3n) is 5.12. The van der Waals surface area contributed by atoms with Crippen molar-refractivity contribution in [3.63, 3.8) is 0 Å². The van der Waals surface area contributed by atoms with Crippen molar-refractivity contribution in [3.05, 3.63) is 53.1 Å². The SMILES string of the molecule is CCN(C)Cc1cc2n(n1)CCCN(C(=O)CCC(=O)c1ccc(F)cc1)C2. The van der Waals surface area contributed by atoms with E-state index in [2.05, 4.69) is 30.0 Å². The average Bonchev–Trinajstić information content (AvgIpc) is 2.95. The van der Waals surface area contributed by atoms with E-state index in [1.165, 1.54) is 24.3 Å². The summed E-state index contributed by atoms with van der Waals surface area (Å²) in [6.45, 7) is 5.83. The number of carbonyl (C=O) groups excluding carboxylic acids is 2. The monoisotopic (exact) mass is 386 g/mol. The lowest BCUT2D eigenvalue weighted by Gasteiger charge is -2.20. The van der Waals surface area contributed by atoms with Crippen LogP contribution in [0.15, 0.2) is 30.3 Å². The number of Topliss-reactive ketones (excluding diaryl/α,β-unsaturated/α-hetero) is 1. The Morgan fingerprint density at radius 1 is 1.18 bits per heavy atom. The number of aromatic nitrogens is 2. The van der Waals surface area contributed by atoms with E-state index in [-0.39, 0.29) is 30.3 Å². The molecule has 0 N–H and O–H groups in total. The van der Waals surface area contributed by atoms with Crippen molar-refractivity contribution in [1.29, 1.82) is 0 Å². The molecule has 0 atom stereocenters. The molecule has 3 rings (SSSR count). The highest BCUT2D eigenvalue weighted by Gasteiger charge is 2.21.